The maximum atomic E-state index is 13.0. The Hall–Kier alpha value is -4.13. The van der Waals surface area contributed by atoms with Gasteiger partial charge in [0.2, 0.25) is 0 Å². The molecule has 0 unspecified atom stereocenters. The van der Waals surface area contributed by atoms with Crippen LogP contribution in [0.2, 0.25) is 0 Å². The van der Waals surface area contributed by atoms with Crippen LogP contribution in [0, 0.1) is 5.82 Å². The van der Waals surface area contributed by atoms with Gasteiger partial charge in [-0.15, -0.1) is 0 Å². The Bertz CT molecular complexity index is 1200. The van der Waals surface area contributed by atoms with E-state index in [-0.39, 0.29) is 11.1 Å². The second-order valence-corrected chi connectivity index (χ2v) is 6.26. The van der Waals surface area contributed by atoms with Crippen LogP contribution >= 0.6 is 0 Å². The highest BCUT2D eigenvalue weighted by Crippen LogP contribution is 2.21. The van der Waals surface area contributed by atoms with Gasteiger partial charge in [0.05, 0.1) is 22.3 Å². The maximum absolute atomic E-state index is 13.0. The summed E-state index contributed by atoms with van der Waals surface area (Å²) in [6.45, 7) is 0. The average molecular weight is 386 g/mol. The van der Waals surface area contributed by atoms with E-state index in [0.29, 0.717) is 16.9 Å². The third-order valence-corrected chi connectivity index (χ3v) is 4.25. The third-order valence-electron chi connectivity index (χ3n) is 4.25. The molecule has 0 atom stereocenters. The van der Waals surface area contributed by atoms with E-state index in [1.54, 1.807) is 12.3 Å². The number of nitrogens with one attached hydrogen (secondary N) is 2. The van der Waals surface area contributed by atoms with Gasteiger partial charge in [0.1, 0.15) is 5.82 Å². The third kappa shape index (κ3) is 4.08. The molecule has 7 heteroatoms. The fraction of sp³-hybridized carbons (Fsp3) is 0. The van der Waals surface area contributed by atoms with Crippen LogP contribution in [0.1, 0.15) is 20.7 Å². The highest BCUT2D eigenvalue weighted by molar-refractivity contribution is 6.10. The molecule has 0 fully saturated rings. The van der Waals surface area contributed by atoms with Crippen LogP contribution in [0.3, 0.4) is 0 Å². The van der Waals surface area contributed by atoms with Gasteiger partial charge in [-0.3, -0.25) is 19.6 Å². The number of anilines is 2. The lowest BCUT2D eigenvalue weighted by atomic mass is 10.1. The van der Waals surface area contributed by atoms with Crippen LogP contribution in [0.5, 0.6) is 0 Å². The summed E-state index contributed by atoms with van der Waals surface area (Å²) >= 11 is 0. The van der Waals surface area contributed by atoms with Crippen molar-refractivity contribution >= 4 is 34.1 Å². The van der Waals surface area contributed by atoms with E-state index in [1.165, 1.54) is 42.7 Å². The van der Waals surface area contributed by atoms with Gasteiger partial charge in [0.15, 0.2) is 0 Å². The Morgan fingerprint density at radius 2 is 1.52 bits per heavy atom. The number of carbonyl (C=O) groups is 2. The summed E-state index contributed by atoms with van der Waals surface area (Å²) in [6.07, 6.45) is 4.39. The first-order chi connectivity index (χ1) is 14.1. The molecule has 0 saturated carbocycles. The normalized spacial score (nSPS) is 10.5. The van der Waals surface area contributed by atoms with Crippen molar-refractivity contribution in [2.75, 3.05) is 10.6 Å². The number of rotatable bonds is 4. The van der Waals surface area contributed by atoms with Gasteiger partial charge < -0.3 is 10.6 Å². The second-order valence-electron chi connectivity index (χ2n) is 6.26. The first-order valence-electron chi connectivity index (χ1n) is 8.77. The molecule has 0 radical (unpaired) electrons. The Morgan fingerprint density at radius 3 is 2.28 bits per heavy atom. The van der Waals surface area contributed by atoms with Gasteiger partial charge in [-0.25, -0.2) is 4.39 Å². The predicted molar refractivity (Wildman–Crippen MR) is 108 cm³/mol. The second kappa shape index (κ2) is 7.85. The lowest BCUT2D eigenvalue weighted by Gasteiger charge is -2.09. The molecule has 6 nitrogen and oxygen atoms in total. The number of fused-ring (bicyclic) bond motifs is 1. The van der Waals surface area contributed by atoms with Crippen LogP contribution < -0.4 is 10.6 Å². The van der Waals surface area contributed by atoms with Crippen molar-refractivity contribution in [1.82, 2.24) is 9.97 Å². The smallest absolute Gasteiger partial charge is 0.257 e. The van der Waals surface area contributed by atoms with E-state index in [4.69, 9.17) is 0 Å². The van der Waals surface area contributed by atoms with Crippen molar-refractivity contribution in [3.63, 3.8) is 0 Å². The van der Waals surface area contributed by atoms with Crippen molar-refractivity contribution < 1.29 is 14.0 Å². The number of pyridine rings is 2. The van der Waals surface area contributed by atoms with Gasteiger partial charge in [-0.05, 0) is 42.5 Å². The fourth-order valence-corrected chi connectivity index (χ4v) is 2.82. The van der Waals surface area contributed by atoms with Gasteiger partial charge in [0.25, 0.3) is 11.8 Å². The Morgan fingerprint density at radius 1 is 0.828 bits per heavy atom. The zero-order valence-corrected chi connectivity index (χ0v) is 15.1. The largest absolute Gasteiger partial charge is 0.322 e. The van der Waals surface area contributed by atoms with E-state index in [9.17, 15) is 14.0 Å². The van der Waals surface area contributed by atoms with Crippen molar-refractivity contribution in [2.45, 2.75) is 0 Å². The molecule has 0 bridgehead atoms. The summed E-state index contributed by atoms with van der Waals surface area (Å²) in [6, 6.07) is 16.0. The predicted octanol–water partition coefficient (Wildman–Crippen LogP) is 4.27. The van der Waals surface area contributed by atoms with E-state index in [2.05, 4.69) is 20.6 Å². The number of hydrogen-bond donors (Lipinski definition) is 2. The van der Waals surface area contributed by atoms with Crippen LogP contribution in [-0.4, -0.2) is 21.8 Å². The molecule has 29 heavy (non-hydrogen) atoms. The van der Waals surface area contributed by atoms with E-state index < -0.39 is 17.6 Å². The molecule has 142 valence electrons. The van der Waals surface area contributed by atoms with Gasteiger partial charge in [0, 0.05) is 29.7 Å². The van der Waals surface area contributed by atoms with Gasteiger partial charge in [-0.1, -0.05) is 18.2 Å². The fourth-order valence-electron chi connectivity index (χ4n) is 2.82. The van der Waals surface area contributed by atoms with Crippen LogP contribution in [0.4, 0.5) is 15.8 Å². The lowest BCUT2D eigenvalue weighted by molar-refractivity contribution is 0.102. The molecule has 2 aromatic heterocycles. The summed E-state index contributed by atoms with van der Waals surface area (Å²) in [7, 11) is 0. The molecular formula is C22H15FN4O2. The highest BCUT2D eigenvalue weighted by Gasteiger charge is 2.13. The standard InChI is InChI=1S/C22H15FN4O2/c23-17-6-8-18(9-7-17)26-21(28)15-11-16(13-24-12-15)22(29)27-19-5-1-3-14-4-2-10-25-20(14)19/h1-13H,(H,26,28)(H,27,29). The van der Waals surface area contributed by atoms with Gasteiger partial charge in [-0.2, -0.15) is 0 Å². The molecule has 4 aromatic rings. The minimum Gasteiger partial charge on any atom is -0.322 e. The zero-order chi connectivity index (χ0) is 20.2. The lowest BCUT2D eigenvalue weighted by Crippen LogP contribution is -2.16. The quantitative estimate of drug-likeness (QED) is 0.549. The molecule has 0 saturated heterocycles. The van der Waals surface area contributed by atoms with E-state index in [1.807, 2.05) is 24.3 Å². The van der Waals surface area contributed by atoms with Crippen molar-refractivity contribution in [3.8, 4) is 0 Å². The van der Waals surface area contributed by atoms with E-state index >= 15 is 0 Å². The molecule has 2 amide bonds. The van der Waals surface area contributed by atoms with Crippen molar-refractivity contribution in [2.24, 2.45) is 0 Å². The SMILES string of the molecule is O=C(Nc1ccc(F)cc1)c1cncc(C(=O)Nc2cccc3cccnc23)c1. The summed E-state index contributed by atoms with van der Waals surface area (Å²) in [5.74, 6) is -1.26. The molecule has 0 aliphatic rings. The summed E-state index contributed by atoms with van der Waals surface area (Å²) in [5.41, 5.74) is 2.10. The number of carbonyl (C=O) groups excluding carboxylic acids is 2. The first kappa shape index (κ1) is 18.2. The van der Waals surface area contributed by atoms with Crippen molar-refractivity contribution in [1.29, 1.82) is 0 Å². The number of benzene rings is 2. The van der Waals surface area contributed by atoms with Crippen LogP contribution in [0.25, 0.3) is 10.9 Å². The molecule has 0 aliphatic carbocycles. The van der Waals surface area contributed by atoms with Crippen LogP contribution in [0.15, 0.2) is 79.3 Å². The van der Waals surface area contributed by atoms with E-state index in [0.717, 1.165) is 5.39 Å². The minimum absolute atomic E-state index is 0.206. The zero-order valence-electron chi connectivity index (χ0n) is 15.1. The number of halogens is 1. The molecule has 4 rings (SSSR count). The molecule has 2 N–H and O–H groups in total. The Kier molecular flexibility index (Phi) is 4.94. The number of aromatic nitrogens is 2. The minimum atomic E-state index is -0.453. The number of para-hydroxylation sites is 1. The number of hydrogen-bond acceptors (Lipinski definition) is 4. The summed E-state index contributed by atoms with van der Waals surface area (Å²) in [4.78, 5) is 33.4. The van der Waals surface area contributed by atoms with Crippen LogP contribution in [-0.2, 0) is 0 Å². The summed E-state index contributed by atoms with van der Waals surface area (Å²) < 4.78 is 13.0. The molecule has 0 spiro atoms. The molecular weight excluding hydrogens is 371 g/mol. The Labute approximate surface area is 165 Å². The number of nitrogens with zero attached hydrogens (tertiary/aromatic N) is 2. The average Bonchev–Trinajstić information content (AvgIpc) is 2.75. The molecule has 2 heterocycles. The van der Waals surface area contributed by atoms with Crippen molar-refractivity contribution in [3.05, 3.63) is 96.2 Å². The Balaban J connectivity index is 1.54. The summed E-state index contributed by atoms with van der Waals surface area (Å²) in [5, 5.41) is 6.35. The topological polar surface area (TPSA) is 84.0 Å². The molecule has 0 aliphatic heterocycles. The van der Waals surface area contributed by atoms with Gasteiger partial charge >= 0.3 is 0 Å². The number of amides is 2. The first-order valence-corrected chi connectivity index (χ1v) is 8.77. The molecule has 2 aromatic carbocycles. The monoisotopic (exact) mass is 386 g/mol. The maximum Gasteiger partial charge on any atom is 0.257 e. The highest BCUT2D eigenvalue weighted by atomic mass is 19.1.